The molecule has 7 nitrogen and oxygen atoms in total. The molecule has 2 fully saturated rings. The predicted octanol–water partition coefficient (Wildman–Crippen LogP) is 1.23. The number of fused-ring (bicyclic) bond motifs is 1. The third-order valence-electron chi connectivity index (χ3n) is 5.45. The van der Waals surface area contributed by atoms with Crippen LogP contribution < -0.4 is 9.46 Å². The Hall–Kier alpha value is -1.64. The van der Waals surface area contributed by atoms with E-state index in [-0.39, 0.29) is 23.5 Å². The van der Waals surface area contributed by atoms with Crippen molar-refractivity contribution < 1.29 is 23.1 Å². The quantitative estimate of drug-likeness (QED) is 0.704. The van der Waals surface area contributed by atoms with Crippen molar-refractivity contribution in [1.29, 1.82) is 0 Å². The number of rotatable bonds is 8. The molecule has 0 bridgehead atoms. The molecule has 0 spiro atoms. The fourth-order valence-corrected chi connectivity index (χ4v) is 5.26. The van der Waals surface area contributed by atoms with Crippen LogP contribution in [0.3, 0.4) is 0 Å². The van der Waals surface area contributed by atoms with Crippen LogP contribution in [-0.2, 0) is 21.2 Å². The molecule has 142 valence electrons. The molecular formula is C18H24N2O5S. The first-order chi connectivity index (χ1) is 12.4. The summed E-state index contributed by atoms with van der Waals surface area (Å²) in [6, 6.07) is 5.19. The molecule has 3 aliphatic rings. The van der Waals surface area contributed by atoms with Crippen molar-refractivity contribution in [2.45, 2.75) is 49.1 Å². The van der Waals surface area contributed by atoms with E-state index in [4.69, 9.17) is 9.84 Å². The lowest BCUT2D eigenvalue weighted by Crippen LogP contribution is -2.55. The standard InChI is InChI=1S/C18H24N2O5S/c21-17(22)11-20(10-12-4-5-12)15-8-14(9-15)19-26(23,24)16-3-1-2-13-6-7-25-18(13)16/h1-3,12,14-15,19H,4-11H2,(H,21,22). The molecule has 1 aromatic carbocycles. The maximum absolute atomic E-state index is 12.7. The van der Waals surface area contributed by atoms with Crippen molar-refractivity contribution in [1.82, 2.24) is 9.62 Å². The molecular weight excluding hydrogens is 356 g/mol. The van der Waals surface area contributed by atoms with E-state index in [1.165, 1.54) is 0 Å². The lowest BCUT2D eigenvalue weighted by Gasteiger charge is -2.42. The van der Waals surface area contributed by atoms with E-state index >= 15 is 0 Å². The monoisotopic (exact) mass is 380 g/mol. The molecule has 2 aliphatic carbocycles. The minimum atomic E-state index is -3.64. The van der Waals surface area contributed by atoms with Crippen LogP contribution in [0.25, 0.3) is 0 Å². The molecule has 1 heterocycles. The average molecular weight is 380 g/mol. The second-order valence-electron chi connectivity index (χ2n) is 7.55. The molecule has 1 aliphatic heterocycles. The summed E-state index contributed by atoms with van der Waals surface area (Å²) in [6.45, 7) is 1.34. The number of hydrogen-bond acceptors (Lipinski definition) is 5. The number of carboxylic acids is 1. The summed E-state index contributed by atoms with van der Waals surface area (Å²) in [5.41, 5.74) is 0.927. The summed E-state index contributed by atoms with van der Waals surface area (Å²) in [6.07, 6.45) is 4.36. The van der Waals surface area contributed by atoms with Gasteiger partial charge in [-0.2, -0.15) is 0 Å². The molecule has 2 N–H and O–H groups in total. The van der Waals surface area contributed by atoms with Gasteiger partial charge in [-0.3, -0.25) is 9.69 Å². The Morgan fingerprint density at radius 3 is 2.77 bits per heavy atom. The third-order valence-corrected chi connectivity index (χ3v) is 6.99. The van der Waals surface area contributed by atoms with Gasteiger partial charge in [0.05, 0.1) is 13.2 Å². The van der Waals surface area contributed by atoms with Gasteiger partial charge in [-0.25, -0.2) is 13.1 Å². The Kier molecular flexibility index (Phi) is 4.66. The highest BCUT2D eigenvalue weighted by Crippen LogP contribution is 2.36. The first-order valence-corrected chi connectivity index (χ1v) is 10.6. The fourth-order valence-electron chi connectivity index (χ4n) is 3.81. The van der Waals surface area contributed by atoms with E-state index in [1.807, 2.05) is 11.0 Å². The summed E-state index contributed by atoms with van der Waals surface area (Å²) < 4.78 is 33.8. The maximum Gasteiger partial charge on any atom is 0.317 e. The van der Waals surface area contributed by atoms with Gasteiger partial charge >= 0.3 is 5.97 Å². The number of benzene rings is 1. The highest BCUT2D eigenvalue weighted by molar-refractivity contribution is 7.89. The lowest BCUT2D eigenvalue weighted by molar-refractivity contribution is -0.139. The summed E-state index contributed by atoms with van der Waals surface area (Å²) in [4.78, 5) is 13.3. The Labute approximate surface area is 153 Å². The van der Waals surface area contributed by atoms with Gasteiger partial charge in [0.2, 0.25) is 10.0 Å². The molecule has 8 heteroatoms. The van der Waals surface area contributed by atoms with Crippen molar-refractivity contribution in [3.63, 3.8) is 0 Å². The molecule has 0 atom stereocenters. The van der Waals surface area contributed by atoms with Gasteiger partial charge in [0.25, 0.3) is 0 Å². The lowest BCUT2D eigenvalue weighted by atomic mass is 9.86. The van der Waals surface area contributed by atoms with Crippen molar-refractivity contribution in [3.8, 4) is 5.75 Å². The highest BCUT2D eigenvalue weighted by Gasteiger charge is 2.39. The van der Waals surface area contributed by atoms with Crippen molar-refractivity contribution >= 4 is 16.0 Å². The minimum absolute atomic E-state index is 0.0284. The number of para-hydroxylation sites is 1. The molecule has 0 aromatic heterocycles. The smallest absolute Gasteiger partial charge is 0.317 e. The van der Waals surface area contributed by atoms with Crippen LogP contribution in [0.4, 0.5) is 0 Å². The van der Waals surface area contributed by atoms with Gasteiger partial charge in [0.15, 0.2) is 0 Å². The van der Waals surface area contributed by atoms with Crippen molar-refractivity contribution in [3.05, 3.63) is 23.8 Å². The molecule has 0 unspecified atom stereocenters. The first-order valence-electron chi connectivity index (χ1n) is 9.15. The number of nitrogens with one attached hydrogen (secondary N) is 1. The Morgan fingerprint density at radius 1 is 1.31 bits per heavy atom. The van der Waals surface area contributed by atoms with Crippen LogP contribution in [-0.4, -0.2) is 56.2 Å². The van der Waals surface area contributed by atoms with E-state index in [9.17, 15) is 13.2 Å². The number of ether oxygens (including phenoxy) is 1. The van der Waals surface area contributed by atoms with E-state index < -0.39 is 16.0 Å². The first kappa shape index (κ1) is 17.8. The molecule has 1 aromatic rings. The summed E-state index contributed by atoms with van der Waals surface area (Å²) in [7, 11) is -3.64. The van der Waals surface area contributed by atoms with Gasteiger partial charge < -0.3 is 9.84 Å². The SMILES string of the molecule is O=C(O)CN(CC1CC1)C1CC(NS(=O)(=O)c2cccc3c2OCC3)C1. The molecule has 0 amide bonds. The topological polar surface area (TPSA) is 95.9 Å². The van der Waals surface area contributed by atoms with Crippen LogP contribution in [0, 0.1) is 5.92 Å². The van der Waals surface area contributed by atoms with Crippen LogP contribution in [0.15, 0.2) is 23.1 Å². The third kappa shape index (κ3) is 3.72. The predicted molar refractivity (Wildman–Crippen MR) is 94.7 cm³/mol. The Bertz CT molecular complexity index is 800. The van der Waals surface area contributed by atoms with Gasteiger partial charge in [0.1, 0.15) is 10.6 Å². The van der Waals surface area contributed by atoms with E-state index in [0.29, 0.717) is 31.1 Å². The summed E-state index contributed by atoms with van der Waals surface area (Å²) in [5, 5.41) is 9.11. The van der Waals surface area contributed by atoms with Crippen LogP contribution in [0.5, 0.6) is 5.75 Å². The number of carboxylic acid groups (broad SMARTS) is 1. The number of sulfonamides is 1. The molecule has 0 saturated heterocycles. The fraction of sp³-hybridized carbons (Fsp3) is 0.611. The molecule has 0 radical (unpaired) electrons. The van der Waals surface area contributed by atoms with E-state index in [0.717, 1.165) is 31.4 Å². The second kappa shape index (κ2) is 6.83. The van der Waals surface area contributed by atoms with E-state index in [2.05, 4.69) is 4.72 Å². The molecule has 26 heavy (non-hydrogen) atoms. The van der Waals surface area contributed by atoms with Crippen molar-refractivity contribution in [2.75, 3.05) is 19.7 Å². The average Bonchev–Trinajstić information content (AvgIpc) is 3.21. The van der Waals surface area contributed by atoms with E-state index in [1.54, 1.807) is 12.1 Å². The molecule has 2 saturated carbocycles. The Morgan fingerprint density at radius 2 is 2.08 bits per heavy atom. The Balaban J connectivity index is 1.38. The minimum Gasteiger partial charge on any atom is -0.492 e. The van der Waals surface area contributed by atoms with Crippen molar-refractivity contribution in [2.24, 2.45) is 5.92 Å². The van der Waals surface area contributed by atoms with Crippen LogP contribution in [0.1, 0.15) is 31.2 Å². The number of carbonyl (C=O) groups is 1. The van der Waals surface area contributed by atoms with Gasteiger partial charge in [-0.05, 0) is 43.2 Å². The summed E-state index contributed by atoms with van der Waals surface area (Å²) in [5.74, 6) is 0.248. The second-order valence-corrected chi connectivity index (χ2v) is 9.24. The normalized spacial score (nSPS) is 24.8. The number of hydrogen-bond donors (Lipinski definition) is 2. The van der Waals surface area contributed by atoms with Gasteiger partial charge in [-0.15, -0.1) is 0 Å². The number of aliphatic carboxylic acids is 1. The van der Waals surface area contributed by atoms with Crippen LogP contribution in [0.2, 0.25) is 0 Å². The van der Waals surface area contributed by atoms with Gasteiger partial charge in [0, 0.05) is 25.0 Å². The number of nitrogens with zero attached hydrogens (tertiary/aromatic N) is 1. The largest absolute Gasteiger partial charge is 0.492 e. The zero-order valence-corrected chi connectivity index (χ0v) is 15.4. The summed E-state index contributed by atoms with van der Waals surface area (Å²) >= 11 is 0. The van der Waals surface area contributed by atoms with Crippen LogP contribution >= 0.6 is 0 Å². The van der Waals surface area contributed by atoms with Gasteiger partial charge in [-0.1, -0.05) is 12.1 Å². The maximum atomic E-state index is 12.7. The highest BCUT2D eigenvalue weighted by atomic mass is 32.2. The zero-order valence-electron chi connectivity index (χ0n) is 14.6. The molecule has 4 rings (SSSR count). The zero-order chi connectivity index (χ0) is 18.3.